The number of hydroxylamine groups is 1. The van der Waals surface area contributed by atoms with Gasteiger partial charge in [-0.25, -0.2) is 4.84 Å². The minimum absolute atomic E-state index is 0.0330. The Bertz CT molecular complexity index is 507. The normalized spacial score (nSPS) is 26.1. The topological polar surface area (TPSA) is 69.3 Å². The van der Waals surface area contributed by atoms with Crippen LogP contribution in [0.25, 0.3) is 0 Å². The lowest BCUT2D eigenvalue weighted by molar-refractivity contribution is -0.194. The number of hydrogen-bond acceptors (Lipinski definition) is 6. The van der Waals surface area contributed by atoms with Gasteiger partial charge < -0.3 is 10.3 Å². The van der Waals surface area contributed by atoms with Crippen LogP contribution in [0.2, 0.25) is 0 Å². The maximum absolute atomic E-state index is 5.55. The van der Waals surface area contributed by atoms with Gasteiger partial charge in [-0.05, 0) is 18.3 Å². The van der Waals surface area contributed by atoms with Crippen LogP contribution in [0.15, 0.2) is 41.7 Å². The van der Waals surface area contributed by atoms with E-state index >= 15 is 0 Å². The Balaban J connectivity index is 1.98. The van der Waals surface area contributed by atoms with Crippen LogP contribution < -0.4 is 5.73 Å². The number of nitrogens with zero attached hydrogens (tertiary/aromatic N) is 2. The second-order valence-electron chi connectivity index (χ2n) is 3.67. The zero-order valence-electron chi connectivity index (χ0n) is 10.2. The van der Waals surface area contributed by atoms with E-state index in [0.29, 0.717) is 0 Å². The van der Waals surface area contributed by atoms with E-state index in [1.807, 2.05) is 24.3 Å². The summed E-state index contributed by atoms with van der Waals surface area (Å²) in [6.45, 7) is 0. The quantitative estimate of drug-likeness (QED) is 0.366. The number of rotatable bonds is 4. The van der Waals surface area contributed by atoms with Crippen molar-refractivity contribution in [1.29, 1.82) is 0 Å². The molecule has 1 heterocycles. The Morgan fingerprint density at radius 2 is 2.35 bits per heavy atom. The molecule has 1 aliphatic heterocycles. The van der Waals surface area contributed by atoms with Gasteiger partial charge in [-0.2, -0.15) is 5.10 Å². The van der Waals surface area contributed by atoms with Crippen molar-refractivity contribution in [3.8, 4) is 0 Å². The predicted molar refractivity (Wildman–Crippen MR) is 86.0 cm³/mol. The van der Waals surface area contributed by atoms with E-state index < -0.39 is 6.29 Å². The summed E-state index contributed by atoms with van der Waals surface area (Å²) < 4.78 is 10.1. The zero-order chi connectivity index (χ0) is 14.4. The summed E-state index contributed by atoms with van der Waals surface area (Å²) in [4.78, 5) is 6.13. The first-order valence-corrected chi connectivity index (χ1v) is 7.22. The molecule has 0 spiro atoms. The molecule has 0 fully saturated rings. The Morgan fingerprint density at radius 1 is 1.50 bits per heavy atom. The van der Waals surface area contributed by atoms with Gasteiger partial charge in [-0.1, -0.05) is 30.4 Å². The molecule has 2 aliphatic rings. The lowest BCUT2D eigenvalue weighted by Gasteiger charge is -2.23. The van der Waals surface area contributed by atoms with Crippen molar-refractivity contribution in [2.24, 2.45) is 16.8 Å². The van der Waals surface area contributed by atoms with E-state index in [0.717, 1.165) is 10.0 Å². The molecule has 0 aromatic carbocycles. The van der Waals surface area contributed by atoms with Gasteiger partial charge in [0.05, 0.1) is 6.26 Å². The molecule has 20 heavy (non-hydrogen) atoms. The van der Waals surface area contributed by atoms with Crippen LogP contribution in [0.1, 0.15) is 0 Å². The summed E-state index contributed by atoms with van der Waals surface area (Å²) in [6, 6.07) is 0. The van der Waals surface area contributed by atoms with Gasteiger partial charge in [0, 0.05) is 23.1 Å². The monoisotopic (exact) mass is 329 g/mol. The summed E-state index contributed by atoms with van der Waals surface area (Å²) >= 11 is 10.1. The van der Waals surface area contributed by atoms with Crippen molar-refractivity contribution in [3.05, 3.63) is 36.6 Å². The van der Waals surface area contributed by atoms with Crippen molar-refractivity contribution < 1.29 is 13.9 Å². The summed E-state index contributed by atoms with van der Waals surface area (Å²) in [5.74, 6) is -0.0940. The number of nitrogens with two attached hydrogens (primary N) is 1. The molecule has 6 nitrogen and oxygen atoms in total. The van der Waals surface area contributed by atoms with E-state index in [9.17, 15) is 0 Å². The first-order valence-electron chi connectivity index (χ1n) is 5.59. The Hall–Kier alpha value is -1.18. The molecular formula is C11H12N3O3PS2. The molecule has 9 heteroatoms. The van der Waals surface area contributed by atoms with Crippen molar-refractivity contribution in [3.63, 3.8) is 0 Å². The van der Waals surface area contributed by atoms with Gasteiger partial charge in [-0.15, -0.1) is 5.17 Å². The molecule has 0 aromatic rings. The van der Waals surface area contributed by atoms with Crippen LogP contribution in [0.3, 0.4) is 0 Å². The molecule has 0 aromatic heterocycles. The number of hydrogen-bond donors (Lipinski definition) is 1. The van der Waals surface area contributed by atoms with Crippen LogP contribution in [0.4, 0.5) is 0 Å². The van der Waals surface area contributed by atoms with E-state index in [-0.39, 0.29) is 20.1 Å². The Morgan fingerprint density at radius 3 is 3.00 bits per heavy atom. The fraction of sp³-hybridized carbons (Fsp3) is 0.182. The minimum Gasteiger partial charge on any atom is -0.457 e. The summed E-state index contributed by atoms with van der Waals surface area (Å²) in [7, 11) is -0.138. The predicted octanol–water partition coefficient (Wildman–Crippen LogP) is 1.96. The Kier molecular flexibility index (Phi) is 5.75. The molecule has 0 saturated carbocycles. The lowest BCUT2D eigenvalue weighted by Crippen LogP contribution is -2.35. The van der Waals surface area contributed by atoms with E-state index in [1.54, 1.807) is 12.3 Å². The largest absolute Gasteiger partial charge is 0.457 e. The van der Waals surface area contributed by atoms with Crippen LogP contribution in [-0.2, 0) is 13.9 Å². The number of allylic oxidation sites excluding steroid dienone is 4. The number of hydrazone groups is 1. The van der Waals surface area contributed by atoms with Gasteiger partial charge in [0.2, 0.25) is 20.4 Å². The van der Waals surface area contributed by atoms with Gasteiger partial charge in [0.25, 0.3) is 0 Å². The summed E-state index contributed by atoms with van der Waals surface area (Å²) in [6.07, 6.45) is 11.5. The molecule has 1 aliphatic carbocycles. The highest BCUT2D eigenvalue weighted by molar-refractivity contribution is 7.81. The van der Waals surface area contributed by atoms with Crippen LogP contribution >= 0.6 is 33.5 Å². The van der Waals surface area contributed by atoms with Gasteiger partial charge >= 0.3 is 0 Å². The van der Waals surface area contributed by atoms with Crippen LogP contribution in [0, 0.1) is 5.92 Å². The highest BCUT2D eigenvalue weighted by Gasteiger charge is 2.17. The maximum atomic E-state index is 5.55. The van der Waals surface area contributed by atoms with Crippen molar-refractivity contribution in [2.75, 3.05) is 0 Å². The van der Waals surface area contributed by atoms with Gasteiger partial charge in [-0.3, -0.25) is 4.52 Å². The minimum atomic E-state index is -0.644. The highest BCUT2D eigenvalue weighted by atomic mass is 32.1. The van der Waals surface area contributed by atoms with E-state index in [2.05, 4.69) is 5.10 Å². The highest BCUT2D eigenvalue weighted by Crippen LogP contribution is 2.24. The fourth-order valence-electron chi connectivity index (χ4n) is 1.33. The average molecular weight is 329 g/mol. The van der Waals surface area contributed by atoms with E-state index in [1.165, 1.54) is 6.26 Å². The van der Waals surface area contributed by atoms with Crippen molar-refractivity contribution >= 4 is 49.7 Å². The second-order valence-corrected chi connectivity index (χ2v) is 5.20. The van der Waals surface area contributed by atoms with Crippen LogP contribution in [-0.4, -0.2) is 27.7 Å². The molecule has 0 amide bonds. The summed E-state index contributed by atoms with van der Waals surface area (Å²) in [5.41, 5.74) is 5.55. The smallest absolute Gasteiger partial charge is 0.217 e. The van der Waals surface area contributed by atoms with Crippen molar-refractivity contribution in [2.45, 2.75) is 6.29 Å². The molecule has 106 valence electrons. The molecule has 0 radical (unpaired) electrons. The Labute approximate surface area is 128 Å². The third-order valence-electron chi connectivity index (χ3n) is 2.26. The van der Waals surface area contributed by atoms with Gasteiger partial charge in [0.1, 0.15) is 0 Å². The molecule has 2 N–H and O–H groups in total. The molecule has 0 saturated heterocycles. The third kappa shape index (κ3) is 4.43. The zero-order valence-corrected chi connectivity index (χ0v) is 12.8. The van der Waals surface area contributed by atoms with Crippen molar-refractivity contribution in [1.82, 2.24) is 5.17 Å². The standard InChI is InChI=1S/C11H12N3O3PS2/c12-11(20)14(16-10-5-6-15-18-17-10)13-7-8-3-1-2-4-9(8)19/h1-8,10,18H,(H2,12,20). The molecule has 0 bridgehead atoms. The summed E-state index contributed by atoms with van der Waals surface area (Å²) in [5, 5.41) is 5.08. The number of thiocarbonyl (C=S) groups is 2. The lowest BCUT2D eigenvalue weighted by atomic mass is 10.0. The first kappa shape index (κ1) is 15.2. The molecule has 3 atom stereocenters. The molecule has 2 rings (SSSR count). The molecule has 3 unspecified atom stereocenters. The van der Waals surface area contributed by atoms with Crippen LogP contribution in [0.5, 0.6) is 0 Å². The van der Waals surface area contributed by atoms with E-state index in [4.69, 9.17) is 44.1 Å². The van der Waals surface area contributed by atoms with Gasteiger partial charge in [0.15, 0.2) is 0 Å². The second kappa shape index (κ2) is 7.56. The fourth-order valence-corrected chi connectivity index (χ4v) is 2.05. The third-order valence-corrected chi connectivity index (χ3v) is 3.38. The SMILES string of the molecule is NC(=S)N(N=CC1C=CC=CC1=S)OC1C=COPO1. The molecular weight excluding hydrogens is 317 g/mol. The first-order chi connectivity index (χ1) is 9.66. The maximum Gasteiger partial charge on any atom is 0.217 e. The average Bonchev–Trinajstić information content (AvgIpc) is 2.46.